The fourth-order valence-corrected chi connectivity index (χ4v) is 3.66. The van der Waals surface area contributed by atoms with Crippen LogP contribution in [0.25, 0.3) is 5.78 Å². The van der Waals surface area contributed by atoms with Gasteiger partial charge in [-0.1, -0.05) is 11.8 Å². The minimum atomic E-state index is -0.772. The molecule has 0 radical (unpaired) electrons. The lowest BCUT2D eigenvalue weighted by molar-refractivity contribution is -0.147. The number of ether oxygens (including phenoxy) is 3. The predicted octanol–water partition coefficient (Wildman–Crippen LogP) is 1.67. The molecule has 2 N–H and O–H groups in total. The number of carbonyl (C=O) groups is 3. The molecule has 0 saturated heterocycles. The molecule has 3 amide bonds. The second-order valence-electron chi connectivity index (χ2n) is 7.27. The van der Waals surface area contributed by atoms with Crippen LogP contribution in [0.2, 0.25) is 0 Å². The van der Waals surface area contributed by atoms with Crippen LogP contribution in [-0.4, -0.2) is 63.6 Å². The number of rotatable bonds is 6. The third-order valence-electron chi connectivity index (χ3n) is 4.95. The van der Waals surface area contributed by atoms with Crippen molar-refractivity contribution in [1.82, 2.24) is 24.9 Å². The third kappa shape index (κ3) is 5.20. The molecule has 0 spiro atoms. The molecular formula is C21H22N6O6S. The van der Waals surface area contributed by atoms with Crippen LogP contribution < -0.4 is 20.1 Å². The maximum Gasteiger partial charge on any atom is 0.325 e. The normalized spacial score (nSPS) is 12.3. The molecule has 0 unspecified atom stereocenters. The number of nitrogens with zero attached hydrogens (tertiary/aromatic N) is 4. The zero-order valence-corrected chi connectivity index (χ0v) is 19.5. The van der Waals surface area contributed by atoms with E-state index in [1.807, 2.05) is 6.26 Å². The Balaban J connectivity index is 1.29. The Labute approximate surface area is 198 Å². The lowest BCUT2D eigenvalue weighted by Gasteiger charge is -2.19. The minimum absolute atomic E-state index is 0.105. The molecule has 3 aromatic rings. The highest BCUT2D eigenvalue weighted by Crippen LogP contribution is 2.32. The Morgan fingerprint density at radius 1 is 1.15 bits per heavy atom. The fraction of sp³-hybridized carbons (Fsp3) is 0.333. The summed E-state index contributed by atoms with van der Waals surface area (Å²) in [7, 11) is 0. The number of hydrogen-bond acceptors (Lipinski definition) is 10. The molecule has 34 heavy (non-hydrogen) atoms. The summed E-state index contributed by atoms with van der Waals surface area (Å²) in [4.78, 5) is 45.1. The number of urea groups is 1. The monoisotopic (exact) mass is 486 g/mol. The first-order chi connectivity index (χ1) is 16.3. The first-order valence-corrected chi connectivity index (χ1v) is 11.5. The molecule has 0 fully saturated rings. The number of aromatic nitrogens is 4. The second kappa shape index (κ2) is 9.95. The number of fused-ring (bicyclic) bond motifs is 2. The Bertz CT molecular complexity index is 1280. The van der Waals surface area contributed by atoms with Crippen molar-refractivity contribution in [3.05, 3.63) is 35.2 Å². The van der Waals surface area contributed by atoms with Crippen LogP contribution in [0, 0.1) is 13.8 Å². The average molecular weight is 487 g/mol. The van der Waals surface area contributed by atoms with Crippen molar-refractivity contribution in [2.24, 2.45) is 0 Å². The largest absolute Gasteiger partial charge is 0.486 e. The van der Waals surface area contributed by atoms with Gasteiger partial charge in [0, 0.05) is 28.7 Å². The van der Waals surface area contributed by atoms with Gasteiger partial charge in [-0.25, -0.2) is 14.3 Å². The minimum Gasteiger partial charge on any atom is -0.486 e. The quantitative estimate of drug-likeness (QED) is 0.390. The SMILES string of the molecule is CSc1nc2nc(C)c(CC(=O)OCC(=O)NC(=O)Nc3ccc4c(c3)OCCO4)c(C)n2n1. The van der Waals surface area contributed by atoms with Gasteiger partial charge in [0.25, 0.3) is 11.7 Å². The first-order valence-electron chi connectivity index (χ1n) is 10.3. The standard InChI is InChI=1S/C21H22N6O6S/c1-11-14(12(2)27-19(22-11)25-21(26-27)34-3)9-18(29)33-10-17(28)24-20(30)23-13-4-5-15-16(8-13)32-7-6-31-15/h4-5,8H,6-7,9-10H2,1-3H3,(H2,23,24,28,30). The van der Waals surface area contributed by atoms with Crippen molar-refractivity contribution in [3.63, 3.8) is 0 Å². The van der Waals surface area contributed by atoms with Crippen molar-refractivity contribution < 1.29 is 28.6 Å². The number of esters is 1. The highest BCUT2D eigenvalue weighted by molar-refractivity contribution is 7.98. The van der Waals surface area contributed by atoms with Gasteiger partial charge in [0.15, 0.2) is 18.1 Å². The van der Waals surface area contributed by atoms with Crippen molar-refractivity contribution in [2.75, 3.05) is 31.4 Å². The van der Waals surface area contributed by atoms with E-state index in [1.54, 1.807) is 36.6 Å². The highest BCUT2D eigenvalue weighted by atomic mass is 32.2. The summed E-state index contributed by atoms with van der Waals surface area (Å²) >= 11 is 1.39. The molecule has 178 valence electrons. The molecule has 13 heteroatoms. The number of aryl methyl sites for hydroxylation is 2. The first kappa shape index (κ1) is 23.3. The van der Waals surface area contributed by atoms with E-state index in [9.17, 15) is 14.4 Å². The van der Waals surface area contributed by atoms with Crippen LogP contribution in [0.4, 0.5) is 10.5 Å². The molecule has 1 aliphatic rings. The van der Waals surface area contributed by atoms with E-state index >= 15 is 0 Å². The van der Waals surface area contributed by atoms with Crippen LogP contribution in [0.15, 0.2) is 23.4 Å². The zero-order valence-electron chi connectivity index (χ0n) is 18.7. The van der Waals surface area contributed by atoms with Crippen LogP contribution in [0.3, 0.4) is 0 Å². The molecular weight excluding hydrogens is 464 g/mol. The summed E-state index contributed by atoms with van der Waals surface area (Å²) in [5.74, 6) is 0.109. The van der Waals surface area contributed by atoms with E-state index in [1.165, 1.54) is 11.8 Å². The molecule has 4 rings (SSSR count). The van der Waals surface area contributed by atoms with Gasteiger partial charge < -0.3 is 19.5 Å². The second-order valence-corrected chi connectivity index (χ2v) is 8.04. The van der Waals surface area contributed by atoms with Crippen LogP contribution in [0.5, 0.6) is 11.5 Å². The van der Waals surface area contributed by atoms with Crippen molar-refractivity contribution >= 4 is 41.1 Å². The smallest absolute Gasteiger partial charge is 0.325 e. The van der Waals surface area contributed by atoms with Gasteiger partial charge in [-0.05, 0) is 32.2 Å². The van der Waals surface area contributed by atoms with Gasteiger partial charge in [0.1, 0.15) is 13.2 Å². The lowest BCUT2D eigenvalue weighted by atomic mass is 10.1. The third-order valence-corrected chi connectivity index (χ3v) is 5.49. The number of nitrogens with one attached hydrogen (secondary N) is 2. The molecule has 12 nitrogen and oxygen atoms in total. The number of benzene rings is 1. The number of imide groups is 1. The number of anilines is 1. The van der Waals surface area contributed by atoms with E-state index in [-0.39, 0.29) is 6.42 Å². The Morgan fingerprint density at radius 3 is 2.68 bits per heavy atom. The van der Waals surface area contributed by atoms with Crippen LogP contribution in [-0.2, 0) is 20.7 Å². The van der Waals surface area contributed by atoms with E-state index in [4.69, 9.17) is 14.2 Å². The topological polar surface area (TPSA) is 146 Å². The summed E-state index contributed by atoms with van der Waals surface area (Å²) in [6, 6.07) is 4.09. The van der Waals surface area contributed by atoms with Gasteiger partial charge in [-0.2, -0.15) is 4.98 Å². The Morgan fingerprint density at radius 2 is 1.91 bits per heavy atom. The van der Waals surface area contributed by atoms with E-state index in [0.29, 0.717) is 58.3 Å². The van der Waals surface area contributed by atoms with E-state index < -0.39 is 24.5 Å². The number of amides is 3. The summed E-state index contributed by atoms with van der Waals surface area (Å²) in [5.41, 5.74) is 2.37. The number of hydrogen-bond donors (Lipinski definition) is 2. The summed E-state index contributed by atoms with van der Waals surface area (Å²) in [6.45, 7) is 3.82. The van der Waals surface area contributed by atoms with Crippen molar-refractivity contribution in [1.29, 1.82) is 0 Å². The van der Waals surface area contributed by atoms with Crippen LogP contribution in [0.1, 0.15) is 17.0 Å². The lowest BCUT2D eigenvalue weighted by Crippen LogP contribution is -2.37. The molecule has 0 aliphatic carbocycles. The summed E-state index contributed by atoms with van der Waals surface area (Å²) < 4.78 is 17.5. The molecule has 0 atom stereocenters. The molecule has 0 saturated carbocycles. The van der Waals surface area contributed by atoms with Crippen LogP contribution >= 0.6 is 11.8 Å². The Kier molecular flexibility index (Phi) is 6.82. The molecule has 1 aromatic carbocycles. The summed E-state index contributed by atoms with van der Waals surface area (Å²) in [6.07, 6.45) is 1.75. The predicted molar refractivity (Wildman–Crippen MR) is 121 cm³/mol. The van der Waals surface area contributed by atoms with Gasteiger partial charge in [0.2, 0.25) is 5.16 Å². The summed E-state index contributed by atoms with van der Waals surface area (Å²) in [5, 5.41) is 9.53. The van der Waals surface area contributed by atoms with Gasteiger partial charge in [-0.3, -0.25) is 14.9 Å². The fourth-order valence-electron chi connectivity index (χ4n) is 3.32. The molecule has 2 aromatic heterocycles. The van der Waals surface area contributed by atoms with Gasteiger partial charge in [-0.15, -0.1) is 5.10 Å². The van der Waals surface area contributed by atoms with Crippen molar-refractivity contribution in [2.45, 2.75) is 25.4 Å². The maximum atomic E-state index is 12.3. The molecule has 3 heterocycles. The molecule has 0 bridgehead atoms. The Hall–Kier alpha value is -3.87. The van der Waals surface area contributed by atoms with E-state index in [0.717, 1.165) is 0 Å². The zero-order chi connectivity index (χ0) is 24.2. The highest BCUT2D eigenvalue weighted by Gasteiger charge is 2.18. The van der Waals surface area contributed by atoms with Gasteiger partial charge in [0.05, 0.1) is 6.42 Å². The van der Waals surface area contributed by atoms with Crippen molar-refractivity contribution in [3.8, 4) is 11.5 Å². The van der Waals surface area contributed by atoms with Gasteiger partial charge >= 0.3 is 12.0 Å². The average Bonchev–Trinajstić information content (AvgIpc) is 3.23. The molecule has 1 aliphatic heterocycles. The van der Waals surface area contributed by atoms with E-state index in [2.05, 4.69) is 25.7 Å². The number of thioether (sulfide) groups is 1. The maximum absolute atomic E-state index is 12.3. The number of carbonyl (C=O) groups excluding carboxylic acids is 3.